The maximum atomic E-state index is 13.4. The molecule has 0 saturated heterocycles. The summed E-state index contributed by atoms with van der Waals surface area (Å²) in [5, 5.41) is 16.3. The molecule has 8 heteroatoms. The molecule has 2 rings (SSSR count). The number of aromatic nitrogens is 1. The van der Waals surface area contributed by atoms with Gasteiger partial charge in [-0.25, -0.2) is 4.79 Å². The first kappa shape index (κ1) is 27.1. The molecule has 3 atom stereocenters. The van der Waals surface area contributed by atoms with Gasteiger partial charge in [-0.05, 0) is 44.4 Å². The van der Waals surface area contributed by atoms with E-state index in [0.717, 1.165) is 16.5 Å². The summed E-state index contributed by atoms with van der Waals surface area (Å²) >= 11 is 0. The van der Waals surface area contributed by atoms with Crippen molar-refractivity contribution in [3.05, 3.63) is 47.7 Å². The topological polar surface area (TPSA) is 104 Å². The number of hydrogen-bond acceptors (Lipinski definition) is 4. The average molecular weight is 471 g/mol. The maximum Gasteiger partial charge on any atom is 0.331 e. The number of fused-ring (bicyclic) bond motifs is 1. The second kappa shape index (κ2) is 10.9. The number of hydrogen-bond donors (Lipinski definition) is 3. The van der Waals surface area contributed by atoms with E-state index in [4.69, 9.17) is 5.11 Å². The lowest BCUT2D eigenvalue weighted by atomic mass is 9.85. The van der Waals surface area contributed by atoms with Crippen molar-refractivity contribution in [3.63, 3.8) is 0 Å². The Balaban J connectivity index is 2.24. The molecule has 0 saturated carbocycles. The van der Waals surface area contributed by atoms with E-state index in [1.54, 1.807) is 21.0 Å². The van der Waals surface area contributed by atoms with Crippen molar-refractivity contribution in [1.29, 1.82) is 0 Å². The summed E-state index contributed by atoms with van der Waals surface area (Å²) in [5.41, 5.74) is 1.75. The minimum atomic E-state index is -1.03. The second-order valence-electron chi connectivity index (χ2n) is 9.98. The second-order valence-corrected chi connectivity index (χ2v) is 9.98. The summed E-state index contributed by atoms with van der Waals surface area (Å²) in [6.07, 6.45) is 4.03. The number of nitrogens with zero attached hydrogens (tertiary/aromatic N) is 2. The quantitative estimate of drug-likeness (QED) is 0.489. The molecule has 0 radical (unpaired) electrons. The number of aliphatic carboxylic acids is 1. The van der Waals surface area contributed by atoms with Crippen LogP contribution in [0.25, 0.3) is 10.9 Å². The monoisotopic (exact) mass is 470 g/mol. The van der Waals surface area contributed by atoms with Gasteiger partial charge in [0.15, 0.2) is 0 Å². The fourth-order valence-electron chi connectivity index (χ4n) is 3.97. The molecular formula is C26H38N4O4. The minimum absolute atomic E-state index is 0.161. The molecule has 0 aliphatic carbocycles. The Hall–Kier alpha value is -3.13. The van der Waals surface area contributed by atoms with Gasteiger partial charge in [0.05, 0.1) is 6.04 Å². The van der Waals surface area contributed by atoms with Crippen molar-refractivity contribution >= 4 is 28.7 Å². The standard InChI is InChI=1S/C26H38N4O4/c1-16(25(33)34)13-17(2)30(8)24(32)22(26(3,4)5)28-23(31)20(27-6)14-18-15-29(7)21-12-10-9-11-19(18)21/h9-13,15,17,20,22,27H,14H2,1-8H3,(H,28,31)(H,33,34)/t17-,20?,22-/m1/s1. The van der Waals surface area contributed by atoms with Crippen LogP contribution in [-0.4, -0.2) is 64.6 Å². The first-order chi connectivity index (χ1) is 15.8. The van der Waals surface area contributed by atoms with Gasteiger partial charge in [0.2, 0.25) is 11.8 Å². The summed E-state index contributed by atoms with van der Waals surface area (Å²) in [7, 11) is 5.33. The van der Waals surface area contributed by atoms with Crippen molar-refractivity contribution in [2.45, 2.75) is 59.2 Å². The lowest BCUT2D eigenvalue weighted by molar-refractivity contribution is -0.139. The predicted octanol–water partition coefficient (Wildman–Crippen LogP) is 2.72. The van der Waals surface area contributed by atoms with Crippen LogP contribution < -0.4 is 10.6 Å². The van der Waals surface area contributed by atoms with E-state index in [2.05, 4.69) is 10.6 Å². The van der Waals surface area contributed by atoms with E-state index in [1.165, 1.54) is 17.9 Å². The largest absolute Gasteiger partial charge is 0.478 e. The van der Waals surface area contributed by atoms with Crippen LogP contribution in [-0.2, 0) is 27.9 Å². The number of amides is 2. The van der Waals surface area contributed by atoms with Crippen molar-refractivity contribution in [2.75, 3.05) is 14.1 Å². The number of aryl methyl sites for hydroxylation is 1. The Morgan fingerprint density at radius 1 is 1.21 bits per heavy atom. The van der Waals surface area contributed by atoms with Crippen LogP contribution in [0.1, 0.15) is 40.2 Å². The zero-order valence-electron chi connectivity index (χ0n) is 21.5. The molecule has 0 bridgehead atoms. The van der Waals surface area contributed by atoms with Gasteiger partial charge in [-0.1, -0.05) is 45.0 Å². The van der Waals surface area contributed by atoms with E-state index in [-0.39, 0.29) is 17.4 Å². The maximum absolute atomic E-state index is 13.4. The van der Waals surface area contributed by atoms with E-state index in [1.807, 2.05) is 62.8 Å². The number of benzene rings is 1. The Morgan fingerprint density at radius 3 is 2.38 bits per heavy atom. The molecule has 1 aromatic carbocycles. The highest BCUT2D eigenvalue weighted by Crippen LogP contribution is 2.24. The molecule has 0 fully saturated rings. The number of rotatable bonds is 9. The molecule has 3 N–H and O–H groups in total. The molecule has 0 aliphatic heterocycles. The third-order valence-electron chi connectivity index (χ3n) is 6.26. The molecule has 0 aliphatic rings. The summed E-state index contributed by atoms with van der Waals surface area (Å²) in [5.74, 6) is -1.57. The van der Waals surface area contributed by atoms with E-state index in [0.29, 0.717) is 6.42 Å². The molecule has 8 nitrogen and oxygen atoms in total. The molecule has 186 valence electrons. The molecule has 1 heterocycles. The molecule has 0 spiro atoms. The van der Waals surface area contributed by atoms with Crippen LogP contribution in [0.5, 0.6) is 0 Å². The highest BCUT2D eigenvalue weighted by atomic mass is 16.4. The van der Waals surface area contributed by atoms with Gasteiger partial charge in [-0.3, -0.25) is 9.59 Å². The summed E-state index contributed by atoms with van der Waals surface area (Å²) in [4.78, 5) is 39.3. The van der Waals surface area contributed by atoms with Gasteiger partial charge >= 0.3 is 5.97 Å². The first-order valence-corrected chi connectivity index (χ1v) is 11.5. The van der Waals surface area contributed by atoms with Crippen LogP contribution >= 0.6 is 0 Å². The van der Waals surface area contributed by atoms with Gasteiger partial charge in [0.1, 0.15) is 6.04 Å². The van der Waals surface area contributed by atoms with Crippen LogP contribution in [0.2, 0.25) is 0 Å². The molecule has 1 aromatic heterocycles. The number of carbonyl (C=O) groups excluding carboxylic acids is 2. The zero-order valence-corrected chi connectivity index (χ0v) is 21.5. The summed E-state index contributed by atoms with van der Waals surface area (Å²) < 4.78 is 2.04. The summed E-state index contributed by atoms with van der Waals surface area (Å²) in [6, 6.07) is 6.29. The zero-order chi connectivity index (χ0) is 25.8. The van der Waals surface area contributed by atoms with Crippen molar-refractivity contribution in [1.82, 2.24) is 20.1 Å². The number of carbonyl (C=O) groups is 3. The number of carboxylic acids is 1. The van der Waals surface area contributed by atoms with Gasteiger partial charge < -0.3 is 25.2 Å². The lowest BCUT2D eigenvalue weighted by Gasteiger charge is -2.36. The van der Waals surface area contributed by atoms with Crippen LogP contribution in [0.4, 0.5) is 0 Å². The molecule has 2 aromatic rings. The number of para-hydroxylation sites is 1. The highest BCUT2D eigenvalue weighted by Gasteiger charge is 2.37. The SMILES string of the molecule is CNC(Cc1cn(C)c2ccccc12)C(=O)N[C@H](C(=O)N(C)[C@H](C)C=C(C)C(=O)O)C(C)(C)C. The van der Waals surface area contributed by atoms with Crippen LogP contribution in [0.15, 0.2) is 42.1 Å². The van der Waals surface area contributed by atoms with Crippen molar-refractivity contribution in [3.8, 4) is 0 Å². The lowest BCUT2D eigenvalue weighted by Crippen LogP contribution is -2.58. The molecule has 2 amide bonds. The fraction of sp³-hybridized carbons (Fsp3) is 0.500. The van der Waals surface area contributed by atoms with Crippen LogP contribution in [0, 0.1) is 5.41 Å². The first-order valence-electron chi connectivity index (χ1n) is 11.5. The highest BCUT2D eigenvalue weighted by molar-refractivity contribution is 5.92. The van der Waals surface area contributed by atoms with E-state index >= 15 is 0 Å². The third-order valence-corrected chi connectivity index (χ3v) is 6.26. The number of nitrogens with one attached hydrogen (secondary N) is 2. The van der Waals surface area contributed by atoms with Gasteiger partial charge in [0, 0.05) is 42.8 Å². The average Bonchev–Trinajstić information content (AvgIpc) is 3.09. The molecule has 1 unspecified atom stereocenters. The minimum Gasteiger partial charge on any atom is -0.478 e. The molecular weight excluding hydrogens is 432 g/mol. The third kappa shape index (κ3) is 6.26. The number of carboxylic acid groups (broad SMARTS) is 1. The van der Waals surface area contributed by atoms with Gasteiger partial charge in [-0.2, -0.15) is 0 Å². The molecule has 34 heavy (non-hydrogen) atoms. The van der Waals surface area contributed by atoms with Gasteiger partial charge in [-0.15, -0.1) is 0 Å². The Kier molecular flexibility index (Phi) is 8.66. The fourth-order valence-corrected chi connectivity index (χ4v) is 3.97. The Morgan fingerprint density at radius 2 is 1.82 bits per heavy atom. The van der Waals surface area contributed by atoms with Crippen LogP contribution in [0.3, 0.4) is 0 Å². The van der Waals surface area contributed by atoms with Crippen molar-refractivity contribution in [2.24, 2.45) is 12.5 Å². The van der Waals surface area contributed by atoms with Gasteiger partial charge in [0.25, 0.3) is 0 Å². The summed E-state index contributed by atoms with van der Waals surface area (Å²) in [6.45, 7) is 8.93. The smallest absolute Gasteiger partial charge is 0.331 e. The van der Waals surface area contributed by atoms with E-state index < -0.39 is 29.5 Å². The Bertz CT molecular complexity index is 1080. The van der Waals surface area contributed by atoms with E-state index in [9.17, 15) is 14.4 Å². The Labute approximate surface area is 202 Å². The normalized spacial score (nSPS) is 15.0. The number of likely N-dealkylation sites (N-methyl/N-ethyl adjacent to an activating group) is 2. The van der Waals surface area contributed by atoms with Crippen molar-refractivity contribution < 1.29 is 19.5 Å². The predicted molar refractivity (Wildman–Crippen MR) is 134 cm³/mol.